The summed E-state index contributed by atoms with van der Waals surface area (Å²) >= 11 is 0. The summed E-state index contributed by atoms with van der Waals surface area (Å²) < 4.78 is 32.7. The second kappa shape index (κ2) is 11.0. The molecular weight excluding hydrogens is 532 g/mol. The molecule has 0 bridgehead atoms. The fraction of sp³-hybridized carbons (Fsp3) is 0.407. The van der Waals surface area contributed by atoms with E-state index in [1.807, 2.05) is 24.3 Å². The molecule has 12 nitrogen and oxygen atoms in total. The van der Waals surface area contributed by atoms with E-state index in [0.29, 0.717) is 41.0 Å². The van der Waals surface area contributed by atoms with Gasteiger partial charge in [-0.05, 0) is 62.1 Å². The number of methoxy groups -OCH3 is 1. The summed E-state index contributed by atoms with van der Waals surface area (Å²) in [6.07, 6.45) is 7.46. The van der Waals surface area contributed by atoms with Crippen LogP contribution in [0.2, 0.25) is 0 Å². The van der Waals surface area contributed by atoms with E-state index in [2.05, 4.69) is 25.9 Å². The Morgan fingerprint density at radius 2 is 1.93 bits per heavy atom. The van der Waals surface area contributed by atoms with E-state index in [1.54, 1.807) is 16.8 Å². The Kier molecular flexibility index (Phi) is 7.26. The summed E-state index contributed by atoms with van der Waals surface area (Å²) in [5.41, 5.74) is 2.74. The van der Waals surface area contributed by atoms with Gasteiger partial charge in [-0.3, -0.25) is 9.36 Å². The average molecular weight is 565 g/mol. The number of nitrogens with zero attached hydrogens (tertiary/aromatic N) is 5. The number of hydrogen-bond donors (Lipinski definition) is 3. The van der Waals surface area contributed by atoms with Gasteiger partial charge in [-0.25, -0.2) is 22.4 Å². The lowest BCUT2D eigenvalue weighted by molar-refractivity contribution is 0.217. The van der Waals surface area contributed by atoms with E-state index < -0.39 is 10.0 Å². The van der Waals surface area contributed by atoms with Gasteiger partial charge in [0, 0.05) is 55.4 Å². The first-order chi connectivity index (χ1) is 19.4. The normalized spacial score (nSPS) is 17.4. The van der Waals surface area contributed by atoms with Crippen molar-refractivity contribution in [1.29, 1.82) is 0 Å². The fourth-order valence-electron chi connectivity index (χ4n) is 4.81. The predicted molar refractivity (Wildman–Crippen MR) is 153 cm³/mol. The number of imidazole rings is 1. The van der Waals surface area contributed by atoms with Crippen LogP contribution in [0.3, 0.4) is 0 Å². The van der Waals surface area contributed by atoms with Gasteiger partial charge in [0.2, 0.25) is 16.0 Å². The van der Waals surface area contributed by atoms with Gasteiger partial charge in [0.25, 0.3) is 5.56 Å². The Bertz CT molecular complexity index is 1670. The molecule has 1 saturated heterocycles. The van der Waals surface area contributed by atoms with Gasteiger partial charge in [0.05, 0.1) is 23.6 Å². The zero-order valence-corrected chi connectivity index (χ0v) is 23.0. The molecule has 2 aliphatic rings. The second-order valence-electron chi connectivity index (χ2n) is 10.3. The molecule has 4 aromatic rings. The van der Waals surface area contributed by atoms with Crippen LogP contribution in [0.5, 0.6) is 0 Å². The lowest BCUT2D eigenvalue weighted by Gasteiger charge is -2.14. The Morgan fingerprint density at radius 3 is 2.65 bits per heavy atom. The van der Waals surface area contributed by atoms with Crippen molar-refractivity contribution >= 4 is 38.4 Å². The Morgan fingerprint density at radius 1 is 1.12 bits per heavy atom. The molecule has 1 aliphatic carbocycles. The first-order valence-corrected chi connectivity index (χ1v) is 15.0. The standard InChI is InChI=1S/C27H32N8O4S/c1-39-10-11-40(37,38)34-16-24(30-17-34)23-12-19-13-29-27(33-25(19)35(26(23)36)15-18-2-3-18)32-21-6-4-20(5-7-21)31-22-8-9-28-14-22/h4-7,12-13,16-18,22,28,31H,2-3,8-11,14-15H2,1H3,(H,29,32,33). The van der Waals surface area contributed by atoms with Crippen LogP contribution >= 0.6 is 0 Å². The Labute approximate surface area is 231 Å². The number of ether oxygens (including phenoxy) is 1. The monoisotopic (exact) mass is 564 g/mol. The highest BCUT2D eigenvalue weighted by Gasteiger charge is 2.25. The van der Waals surface area contributed by atoms with Gasteiger partial charge >= 0.3 is 0 Å². The van der Waals surface area contributed by atoms with Crippen LogP contribution in [0.15, 0.2) is 53.8 Å². The third-order valence-electron chi connectivity index (χ3n) is 7.24. The molecule has 1 unspecified atom stereocenters. The van der Waals surface area contributed by atoms with E-state index in [-0.39, 0.29) is 23.6 Å². The molecule has 4 heterocycles. The van der Waals surface area contributed by atoms with Gasteiger partial charge in [0.1, 0.15) is 12.0 Å². The molecule has 2 fully saturated rings. The van der Waals surface area contributed by atoms with Crippen LogP contribution in [0.25, 0.3) is 22.3 Å². The molecule has 0 radical (unpaired) electrons. The quantitative estimate of drug-likeness (QED) is 0.248. The van der Waals surface area contributed by atoms with Crippen molar-refractivity contribution in [1.82, 2.24) is 28.8 Å². The smallest absolute Gasteiger partial charge is 0.261 e. The van der Waals surface area contributed by atoms with Crippen molar-refractivity contribution in [3.05, 3.63) is 59.4 Å². The van der Waals surface area contributed by atoms with Crippen molar-refractivity contribution in [2.45, 2.75) is 31.8 Å². The highest BCUT2D eigenvalue weighted by atomic mass is 32.2. The van der Waals surface area contributed by atoms with Crippen molar-refractivity contribution in [2.75, 3.05) is 43.2 Å². The first-order valence-electron chi connectivity index (χ1n) is 13.4. The number of aromatic nitrogens is 5. The lowest BCUT2D eigenvalue weighted by atomic mass is 10.1. The van der Waals surface area contributed by atoms with Crippen LogP contribution < -0.4 is 21.5 Å². The molecule has 1 atom stereocenters. The van der Waals surface area contributed by atoms with Crippen molar-refractivity contribution in [2.24, 2.45) is 5.92 Å². The molecule has 40 heavy (non-hydrogen) atoms. The minimum Gasteiger partial charge on any atom is -0.384 e. The number of rotatable bonds is 11. The van der Waals surface area contributed by atoms with Crippen molar-refractivity contribution in [3.8, 4) is 11.3 Å². The van der Waals surface area contributed by atoms with E-state index >= 15 is 0 Å². The number of hydrogen-bond acceptors (Lipinski definition) is 10. The van der Waals surface area contributed by atoms with Gasteiger partial charge in [0.15, 0.2) is 0 Å². The van der Waals surface area contributed by atoms with Crippen LogP contribution in [-0.2, 0) is 21.3 Å². The van der Waals surface area contributed by atoms with Gasteiger partial charge in [-0.2, -0.15) is 4.98 Å². The highest BCUT2D eigenvalue weighted by molar-refractivity contribution is 7.89. The maximum absolute atomic E-state index is 13.7. The van der Waals surface area contributed by atoms with Crippen LogP contribution in [0.1, 0.15) is 19.3 Å². The first kappa shape index (κ1) is 26.4. The molecule has 1 saturated carbocycles. The summed E-state index contributed by atoms with van der Waals surface area (Å²) in [4.78, 5) is 27.1. The van der Waals surface area contributed by atoms with Crippen molar-refractivity contribution < 1.29 is 13.2 Å². The zero-order chi connectivity index (χ0) is 27.7. The highest BCUT2D eigenvalue weighted by Crippen LogP contribution is 2.32. The third kappa shape index (κ3) is 5.71. The maximum Gasteiger partial charge on any atom is 0.261 e. The SMILES string of the molecule is COCCS(=O)(=O)n1cnc(-c2cc3cnc(Nc4ccc(NC5CCNC5)cc4)nc3n(CC3CC3)c2=O)c1. The fourth-order valence-corrected chi connectivity index (χ4v) is 5.85. The Hall–Kier alpha value is -3.81. The van der Waals surface area contributed by atoms with E-state index in [0.717, 1.165) is 47.7 Å². The molecule has 0 amide bonds. The second-order valence-corrected chi connectivity index (χ2v) is 12.3. The van der Waals surface area contributed by atoms with Crippen LogP contribution in [0.4, 0.5) is 17.3 Å². The molecule has 1 aliphatic heterocycles. The number of nitrogens with one attached hydrogen (secondary N) is 3. The summed E-state index contributed by atoms with van der Waals surface area (Å²) in [5.74, 6) is 0.604. The van der Waals surface area contributed by atoms with Crippen LogP contribution in [-0.4, -0.2) is 70.5 Å². The summed E-state index contributed by atoms with van der Waals surface area (Å²) in [5, 5.41) is 10.8. The molecule has 1 aromatic carbocycles. The van der Waals surface area contributed by atoms with E-state index in [4.69, 9.17) is 9.72 Å². The summed E-state index contributed by atoms with van der Waals surface area (Å²) in [6, 6.07) is 10.1. The molecule has 210 valence electrons. The average Bonchev–Trinajstić information content (AvgIpc) is 3.38. The lowest BCUT2D eigenvalue weighted by Crippen LogP contribution is -2.24. The minimum atomic E-state index is -3.65. The molecule has 3 N–H and O–H groups in total. The molecule has 6 rings (SSSR count). The third-order valence-corrected chi connectivity index (χ3v) is 8.76. The maximum atomic E-state index is 13.7. The van der Waals surface area contributed by atoms with Gasteiger partial charge in [-0.1, -0.05) is 0 Å². The predicted octanol–water partition coefficient (Wildman–Crippen LogP) is 2.41. The molecular formula is C27H32N8O4S. The van der Waals surface area contributed by atoms with Crippen molar-refractivity contribution in [3.63, 3.8) is 0 Å². The molecule has 13 heteroatoms. The van der Waals surface area contributed by atoms with Gasteiger partial charge in [-0.15, -0.1) is 0 Å². The number of pyridine rings is 1. The Balaban J connectivity index is 1.29. The number of fused-ring (bicyclic) bond motifs is 1. The largest absolute Gasteiger partial charge is 0.384 e. The summed E-state index contributed by atoms with van der Waals surface area (Å²) in [7, 11) is -2.20. The topological polar surface area (TPSA) is 145 Å². The van der Waals surface area contributed by atoms with E-state index in [1.165, 1.54) is 19.6 Å². The molecule has 0 spiro atoms. The van der Waals surface area contributed by atoms with Crippen LogP contribution in [0, 0.1) is 5.92 Å². The van der Waals surface area contributed by atoms with Gasteiger partial charge < -0.3 is 20.7 Å². The summed E-state index contributed by atoms with van der Waals surface area (Å²) in [6.45, 7) is 2.59. The number of anilines is 3. The number of benzene rings is 1. The zero-order valence-electron chi connectivity index (χ0n) is 22.2. The molecule has 3 aromatic heterocycles. The minimum absolute atomic E-state index is 0.0624. The van der Waals surface area contributed by atoms with E-state index in [9.17, 15) is 13.2 Å².